The Bertz CT molecular complexity index is 636. The topological polar surface area (TPSA) is 72.9 Å². The van der Waals surface area contributed by atoms with E-state index in [1.165, 1.54) is 11.8 Å². The molecule has 1 heterocycles. The molecule has 0 aliphatic rings. The smallest absolute Gasteiger partial charge is 0.234 e. The Balaban J connectivity index is 1.96. The van der Waals surface area contributed by atoms with Crippen LogP contribution in [0.3, 0.4) is 0 Å². The van der Waals surface area contributed by atoms with Crippen LogP contribution in [0.25, 0.3) is 0 Å². The highest BCUT2D eigenvalue weighted by atomic mass is 32.2. The highest BCUT2D eigenvalue weighted by Crippen LogP contribution is 2.21. The summed E-state index contributed by atoms with van der Waals surface area (Å²) in [6, 6.07) is 7.44. The Morgan fingerprint density at radius 1 is 1.40 bits per heavy atom. The van der Waals surface area contributed by atoms with Crippen molar-refractivity contribution in [1.82, 2.24) is 9.78 Å². The summed E-state index contributed by atoms with van der Waals surface area (Å²) in [5, 5.41) is 8.10. The maximum absolute atomic E-state index is 12.0. The minimum Gasteiger partial charge on any atom is -0.399 e. The summed E-state index contributed by atoms with van der Waals surface area (Å²) < 4.78 is 1.78. The molecule has 1 amide bonds. The van der Waals surface area contributed by atoms with Gasteiger partial charge in [-0.05, 0) is 37.6 Å². The summed E-state index contributed by atoms with van der Waals surface area (Å²) in [6.45, 7) is 3.87. The molecule has 0 aliphatic heterocycles. The Morgan fingerprint density at radius 2 is 2.15 bits per heavy atom. The summed E-state index contributed by atoms with van der Waals surface area (Å²) in [6.07, 6.45) is 0. The number of carbonyl (C=O) groups is 1. The fourth-order valence-corrected chi connectivity index (χ4v) is 2.65. The molecular weight excluding hydrogens is 272 g/mol. The van der Waals surface area contributed by atoms with E-state index in [1.807, 2.05) is 39.1 Å². The normalized spacial score (nSPS) is 10.6. The molecule has 0 radical (unpaired) electrons. The number of hydrogen-bond donors (Lipinski definition) is 2. The largest absolute Gasteiger partial charge is 0.399 e. The van der Waals surface area contributed by atoms with Crippen LogP contribution in [0.15, 0.2) is 29.3 Å². The molecule has 0 atom stereocenters. The summed E-state index contributed by atoms with van der Waals surface area (Å²) in [7, 11) is 1.87. The van der Waals surface area contributed by atoms with Gasteiger partial charge in [0.2, 0.25) is 5.91 Å². The van der Waals surface area contributed by atoms with Crippen molar-refractivity contribution in [2.24, 2.45) is 7.05 Å². The number of hydrogen-bond acceptors (Lipinski definition) is 4. The lowest BCUT2D eigenvalue weighted by Gasteiger charge is -2.09. The van der Waals surface area contributed by atoms with Gasteiger partial charge in [-0.2, -0.15) is 5.10 Å². The van der Waals surface area contributed by atoms with Gasteiger partial charge in [0.05, 0.1) is 16.5 Å². The van der Waals surface area contributed by atoms with Gasteiger partial charge in [-0.1, -0.05) is 17.8 Å². The van der Waals surface area contributed by atoms with E-state index in [0.29, 0.717) is 11.4 Å². The van der Waals surface area contributed by atoms with E-state index in [2.05, 4.69) is 10.4 Å². The predicted molar refractivity (Wildman–Crippen MR) is 82.9 cm³/mol. The number of aryl methyl sites for hydroxylation is 3. The van der Waals surface area contributed by atoms with Crippen LogP contribution in [0.4, 0.5) is 11.4 Å². The molecule has 0 saturated heterocycles. The van der Waals surface area contributed by atoms with Gasteiger partial charge in [-0.25, -0.2) is 0 Å². The zero-order valence-corrected chi connectivity index (χ0v) is 12.6. The first-order chi connectivity index (χ1) is 9.45. The zero-order chi connectivity index (χ0) is 14.7. The molecule has 0 spiro atoms. The van der Waals surface area contributed by atoms with Crippen molar-refractivity contribution >= 4 is 29.0 Å². The van der Waals surface area contributed by atoms with Crippen molar-refractivity contribution in [2.45, 2.75) is 18.9 Å². The molecule has 2 rings (SSSR count). The Hall–Kier alpha value is -1.95. The van der Waals surface area contributed by atoms with Crippen LogP contribution in [0.1, 0.15) is 11.3 Å². The molecule has 106 valence electrons. The minimum atomic E-state index is -0.0532. The van der Waals surface area contributed by atoms with Crippen LogP contribution >= 0.6 is 11.8 Å². The van der Waals surface area contributed by atoms with Crippen molar-refractivity contribution in [3.05, 3.63) is 35.5 Å². The van der Waals surface area contributed by atoms with Crippen LogP contribution in [0, 0.1) is 13.8 Å². The van der Waals surface area contributed by atoms with Gasteiger partial charge in [0.15, 0.2) is 0 Å². The van der Waals surface area contributed by atoms with Gasteiger partial charge in [-0.15, -0.1) is 0 Å². The van der Waals surface area contributed by atoms with Crippen LogP contribution in [-0.4, -0.2) is 21.4 Å². The number of amides is 1. The monoisotopic (exact) mass is 290 g/mol. The molecule has 0 aliphatic carbocycles. The van der Waals surface area contributed by atoms with Gasteiger partial charge in [0.25, 0.3) is 0 Å². The number of rotatable bonds is 4. The van der Waals surface area contributed by atoms with Crippen molar-refractivity contribution < 1.29 is 4.79 Å². The van der Waals surface area contributed by atoms with Crippen LogP contribution in [0.2, 0.25) is 0 Å². The number of aromatic nitrogens is 2. The number of benzene rings is 1. The van der Waals surface area contributed by atoms with Crippen LogP contribution in [0.5, 0.6) is 0 Å². The first kappa shape index (κ1) is 14.5. The average molecular weight is 290 g/mol. The van der Waals surface area contributed by atoms with Crippen molar-refractivity contribution in [3.8, 4) is 0 Å². The summed E-state index contributed by atoms with van der Waals surface area (Å²) in [5.74, 6) is 0.287. The highest BCUT2D eigenvalue weighted by Gasteiger charge is 2.08. The fraction of sp³-hybridized carbons (Fsp3) is 0.286. The Kier molecular flexibility index (Phi) is 4.34. The van der Waals surface area contributed by atoms with Gasteiger partial charge in [-0.3, -0.25) is 9.48 Å². The molecule has 2 aromatic rings. The molecule has 0 bridgehead atoms. The molecule has 5 nitrogen and oxygen atoms in total. The average Bonchev–Trinajstić information content (AvgIpc) is 2.70. The van der Waals surface area contributed by atoms with Crippen molar-refractivity contribution in [1.29, 1.82) is 0 Å². The fourth-order valence-electron chi connectivity index (χ4n) is 1.82. The predicted octanol–water partition coefficient (Wildman–Crippen LogP) is 2.35. The molecule has 0 fully saturated rings. The third-order valence-corrected chi connectivity index (χ3v) is 3.93. The molecule has 0 unspecified atom stereocenters. The Labute approximate surface area is 122 Å². The van der Waals surface area contributed by atoms with E-state index in [1.54, 1.807) is 10.7 Å². The molecule has 1 aromatic carbocycles. The second kappa shape index (κ2) is 6.00. The van der Waals surface area contributed by atoms with Gasteiger partial charge < -0.3 is 11.1 Å². The standard InChI is InChI=1S/C14H18N4OS/c1-9-4-5-11(15)7-12(9)16-13(19)8-20-14-6-10(2)17-18(14)3/h4-7H,8,15H2,1-3H3,(H,16,19). The van der Waals surface area contributed by atoms with Gasteiger partial charge >= 0.3 is 0 Å². The summed E-state index contributed by atoms with van der Waals surface area (Å²) in [5.41, 5.74) is 9.06. The van der Waals surface area contributed by atoms with Gasteiger partial charge in [0, 0.05) is 18.4 Å². The Morgan fingerprint density at radius 3 is 2.80 bits per heavy atom. The first-order valence-electron chi connectivity index (χ1n) is 6.25. The number of thioether (sulfide) groups is 1. The highest BCUT2D eigenvalue weighted by molar-refractivity contribution is 7.99. The summed E-state index contributed by atoms with van der Waals surface area (Å²) in [4.78, 5) is 12.0. The van der Waals surface area contributed by atoms with E-state index < -0.39 is 0 Å². The maximum atomic E-state index is 12.0. The first-order valence-corrected chi connectivity index (χ1v) is 7.23. The third-order valence-electron chi connectivity index (χ3n) is 2.85. The van der Waals surface area contributed by atoms with E-state index in [0.717, 1.165) is 22.0 Å². The van der Waals surface area contributed by atoms with Crippen molar-refractivity contribution in [3.63, 3.8) is 0 Å². The lowest BCUT2D eigenvalue weighted by molar-refractivity contribution is -0.113. The number of nitrogen functional groups attached to an aromatic ring is 1. The van der Waals surface area contributed by atoms with E-state index >= 15 is 0 Å². The SMILES string of the molecule is Cc1cc(SCC(=O)Nc2cc(N)ccc2C)n(C)n1. The third kappa shape index (κ3) is 3.54. The van der Waals surface area contributed by atoms with E-state index in [-0.39, 0.29) is 5.91 Å². The van der Waals surface area contributed by atoms with Crippen molar-refractivity contribution in [2.75, 3.05) is 16.8 Å². The number of nitrogens with zero attached hydrogens (tertiary/aromatic N) is 2. The second-order valence-corrected chi connectivity index (χ2v) is 5.65. The molecular formula is C14H18N4OS. The quantitative estimate of drug-likeness (QED) is 0.669. The van der Waals surface area contributed by atoms with Gasteiger partial charge in [0.1, 0.15) is 0 Å². The lowest BCUT2D eigenvalue weighted by atomic mass is 10.2. The zero-order valence-electron chi connectivity index (χ0n) is 11.8. The number of nitrogens with two attached hydrogens (primary N) is 1. The van der Waals surface area contributed by atoms with Crippen LogP contribution in [-0.2, 0) is 11.8 Å². The molecule has 20 heavy (non-hydrogen) atoms. The molecule has 1 aromatic heterocycles. The second-order valence-electron chi connectivity index (χ2n) is 4.66. The maximum Gasteiger partial charge on any atom is 0.234 e. The molecule has 3 N–H and O–H groups in total. The number of nitrogens with one attached hydrogen (secondary N) is 1. The summed E-state index contributed by atoms with van der Waals surface area (Å²) >= 11 is 1.46. The van der Waals surface area contributed by atoms with E-state index in [4.69, 9.17) is 5.73 Å². The minimum absolute atomic E-state index is 0.0532. The molecule has 0 saturated carbocycles. The van der Waals surface area contributed by atoms with Crippen LogP contribution < -0.4 is 11.1 Å². The molecule has 6 heteroatoms. The van der Waals surface area contributed by atoms with E-state index in [9.17, 15) is 4.79 Å². The number of carbonyl (C=O) groups excluding carboxylic acids is 1. The number of anilines is 2. The lowest BCUT2D eigenvalue weighted by Crippen LogP contribution is -2.15.